The smallest absolute Gasteiger partial charge is 0.321 e. The Morgan fingerprint density at radius 3 is 2.90 bits per heavy atom. The minimum Gasteiger partial charge on any atom is -0.454 e. The summed E-state index contributed by atoms with van der Waals surface area (Å²) in [6, 6.07) is 6.43. The first-order valence-electron chi connectivity index (χ1n) is 6.68. The summed E-state index contributed by atoms with van der Waals surface area (Å²) in [7, 11) is 0. The molecule has 20 heavy (non-hydrogen) atoms. The summed E-state index contributed by atoms with van der Waals surface area (Å²) < 4.78 is 15.8. The van der Waals surface area contributed by atoms with E-state index < -0.39 is 0 Å². The van der Waals surface area contributed by atoms with Gasteiger partial charge in [0.25, 0.3) is 0 Å². The number of aromatic nitrogens is 2. The minimum absolute atomic E-state index is 0.267. The van der Waals surface area contributed by atoms with Gasteiger partial charge in [-0.3, -0.25) is 0 Å². The van der Waals surface area contributed by atoms with Crippen molar-refractivity contribution in [1.29, 1.82) is 0 Å². The molecule has 0 unspecified atom stereocenters. The second-order valence-electron chi connectivity index (χ2n) is 4.98. The van der Waals surface area contributed by atoms with Gasteiger partial charge in [-0.1, -0.05) is 25.1 Å². The highest BCUT2D eigenvalue weighted by atomic mass is 16.7. The summed E-state index contributed by atoms with van der Waals surface area (Å²) in [6.45, 7) is 5.08. The average molecular weight is 275 g/mol. The standard InChI is InChI=1S/C14H17N3O3/c1-9(2)13-16-14(20-17-13)15-6-5-10-3-4-11-12(7-10)19-8-18-11/h3-4,7,9H,5-6,8H2,1-2H3,(H,15,16,17). The number of nitrogens with zero attached hydrogens (tertiary/aromatic N) is 2. The first kappa shape index (κ1) is 12.8. The third-order valence-electron chi connectivity index (χ3n) is 3.09. The van der Waals surface area contributed by atoms with Crippen LogP contribution in [0.5, 0.6) is 11.5 Å². The van der Waals surface area contributed by atoms with Crippen LogP contribution in [0.3, 0.4) is 0 Å². The third-order valence-corrected chi connectivity index (χ3v) is 3.09. The highest BCUT2D eigenvalue weighted by Gasteiger charge is 2.13. The van der Waals surface area contributed by atoms with Gasteiger partial charge in [0.2, 0.25) is 6.79 Å². The van der Waals surface area contributed by atoms with Crippen molar-refractivity contribution in [2.45, 2.75) is 26.2 Å². The molecule has 0 saturated carbocycles. The van der Waals surface area contributed by atoms with Gasteiger partial charge in [-0.25, -0.2) is 0 Å². The van der Waals surface area contributed by atoms with Crippen LogP contribution in [0, 0.1) is 0 Å². The third kappa shape index (κ3) is 2.68. The predicted octanol–water partition coefficient (Wildman–Crippen LogP) is 2.58. The molecule has 0 spiro atoms. The molecule has 6 heteroatoms. The molecule has 0 aliphatic carbocycles. The normalized spacial score (nSPS) is 12.9. The highest BCUT2D eigenvalue weighted by Crippen LogP contribution is 2.32. The van der Waals surface area contributed by atoms with Crippen LogP contribution in [-0.4, -0.2) is 23.5 Å². The molecule has 6 nitrogen and oxygen atoms in total. The van der Waals surface area contributed by atoms with Gasteiger partial charge in [-0.2, -0.15) is 4.98 Å². The molecule has 1 aromatic carbocycles. The van der Waals surface area contributed by atoms with Crippen LogP contribution >= 0.6 is 0 Å². The molecule has 0 amide bonds. The average Bonchev–Trinajstić information content (AvgIpc) is 3.06. The number of ether oxygens (including phenoxy) is 2. The molecule has 1 aromatic heterocycles. The van der Waals surface area contributed by atoms with Crippen molar-refractivity contribution in [3.05, 3.63) is 29.6 Å². The molecule has 0 atom stereocenters. The number of anilines is 1. The largest absolute Gasteiger partial charge is 0.454 e. The maximum Gasteiger partial charge on any atom is 0.321 e. The number of hydrogen-bond donors (Lipinski definition) is 1. The second kappa shape index (κ2) is 5.40. The summed E-state index contributed by atoms with van der Waals surface area (Å²) in [5.41, 5.74) is 1.17. The zero-order valence-corrected chi connectivity index (χ0v) is 11.5. The Hall–Kier alpha value is -2.24. The monoisotopic (exact) mass is 275 g/mol. The van der Waals surface area contributed by atoms with Crippen LogP contribution in [0.25, 0.3) is 0 Å². The lowest BCUT2D eigenvalue weighted by molar-refractivity contribution is 0.174. The molecule has 1 N–H and O–H groups in total. The van der Waals surface area contributed by atoms with E-state index in [4.69, 9.17) is 14.0 Å². The van der Waals surface area contributed by atoms with E-state index in [2.05, 4.69) is 15.5 Å². The van der Waals surface area contributed by atoms with E-state index >= 15 is 0 Å². The Kier molecular flexibility index (Phi) is 3.45. The Labute approximate surface area is 117 Å². The molecular formula is C14H17N3O3. The Balaban J connectivity index is 1.54. The molecule has 0 saturated heterocycles. The van der Waals surface area contributed by atoms with Gasteiger partial charge in [-0.05, 0) is 24.1 Å². The molecule has 3 rings (SSSR count). The van der Waals surface area contributed by atoms with E-state index in [1.54, 1.807) is 0 Å². The Morgan fingerprint density at radius 1 is 1.25 bits per heavy atom. The summed E-state index contributed by atoms with van der Waals surface area (Å²) in [5.74, 6) is 2.60. The number of hydrogen-bond acceptors (Lipinski definition) is 6. The fourth-order valence-corrected chi connectivity index (χ4v) is 1.95. The zero-order chi connectivity index (χ0) is 13.9. The van der Waals surface area contributed by atoms with Crippen LogP contribution in [-0.2, 0) is 6.42 Å². The van der Waals surface area contributed by atoms with Crippen LogP contribution in [0.2, 0.25) is 0 Å². The molecule has 2 heterocycles. The number of rotatable bonds is 5. The van der Waals surface area contributed by atoms with Crippen LogP contribution in [0.15, 0.2) is 22.7 Å². The van der Waals surface area contributed by atoms with E-state index in [0.29, 0.717) is 12.8 Å². The first-order chi connectivity index (χ1) is 9.72. The minimum atomic E-state index is 0.267. The Morgan fingerprint density at radius 2 is 2.10 bits per heavy atom. The second-order valence-corrected chi connectivity index (χ2v) is 4.98. The molecule has 0 fully saturated rings. The van der Waals surface area contributed by atoms with Crippen LogP contribution < -0.4 is 14.8 Å². The summed E-state index contributed by atoms with van der Waals surface area (Å²) >= 11 is 0. The Bertz CT molecular complexity index is 595. The number of nitrogens with one attached hydrogen (secondary N) is 1. The number of benzene rings is 1. The van der Waals surface area contributed by atoms with Crippen molar-refractivity contribution in [1.82, 2.24) is 10.1 Å². The summed E-state index contributed by atoms with van der Waals surface area (Å²) in [6.07, 6.45) is 0.843. The van der Waals surface area contributed by atoms with Crippen molar-refractivity contribution in [3.8, 4) is 11.5 Å². The number of fused-ring (bicyclic) bond motifs is 1. The van der Waals surface area contributed by atoms with E-state index in [-0.39, 0.29) is 5.92 Å². The molecule has 0 bridgehead atoms. The van der Waals surface area contributed by atoms with E-state index in [1.165, 1.54) is 5.56 Å². The van der Waals surface area contributed by atoms with E-state index in [9.17, 15) is 0 Å². The lowest BCUT2D eigenvalue weighted by Crippen LogP contribution is -2.05. The fraction of sp³-hybridized carbons (Fsp3) is 0.429. The van der Waals surface area contributed by atoms with E-state index in [0.717, 1.165) is 30.3 Å². The lowest BCUT2D eigenvalue weighted by Gasteiger charge is -2.03. The molecule has 2 aromatic rings. The molecule has 0 radical (unpaired) electrons. The lowest BCUT2D eigenvalue weighted by atomic mass is 10.1. The van der Waals surface area contributed by atoms with Gasteiger partial charge in [0.15, 0.2) is 17.3 Å². The molecule has 1 aliphatic rings. The predicted molar refractivity (Wildman–Crippen MR) is 73.1 cm³/mol. The maximum atomic E-state index is 5.35. The maximum absolute atomic E-state index is 5.35. The first-order valence-corrected chi connectivity index (χ1v) is 6.68. The van der Waals surface area contributed by atoms with Crippen molar-refractivity contribution in [2.24, 2.45) is 0 Å². The fourth-order valence-electron chi connectivity index (χ4n) is 1.95. The van der Waals surface area contributed by atoms with Crippen LogP contribution in [0.4, 0.5) is 6.01 Å². The molecular weight excluding hydrogens is 258 g/mol. The van der Waals surface area contributed by atoms with Gasteiger partial charge in [0, 0.05) is 12.5 Å². The van der Waals surface area contributed by atoms with Crippen molar-refractivity contribution in [2.75, 3.05) is 18.7 Å². The topological polar surface area (TPSA) is 69.4 Å². The summed E-state index contributed by atoms with van der Waals surface area (Å²) in [4.78, 5) is 4.27. The van der Waals surface area contributed by atoms with E-state index in [1.807, 2.05) is 32.0 Å². The quantitative estimate of drug-likeness (QED) is 0.904. The van der Waals surface area contributed by atoms with Gasteiger partial charge >= 0.3 is 6.01 Å². The van der Waals surface area contributed by atoms with Crippen molar-refractivity contribution >= 4 is 6.01 Å². The van der Waals surface area contributed by atoms with Gasteiger partial charge in [-0.15, -0.1) is 0 Å². The highest BCUT2D eigenvalue weighted by molar-refractivity contribution is 5.44. The van der Waals surface area contributed by atoms with Crippen molar-refractivity contribution in [3.63, 3.8) is 0 Å². The van der Waals surface area contributed by atoms with Gasteiger partial charge in [0.1, 0.15) is 0 Å². The van der Waals surface area contributed by atoms with Gasteiger partial charge < -0.3 is 19.3 Å². The van der Waals surface area contributed by atoms with Crippen molar-refractivity contribution < 1.29 is 14.0 Å². The SMILES string of the molecule is CC(C)c1noc(NCCc2ccc3c(c2)OCO3)n1. The zero-order valence-electron chi connectivity index (χ0n) is 11.5. The summed E-state index contributed by atoms with van der Waals surface area (Å²) in [5, 5.41) is 7.03. The van der Waals surface area contributed by atoms with Gasteiger partial charge in [0.05, 0.1) is 0 Å². The molecule has 106 valence electrons. The molecule has 1 aliphatic heterocycles. The van der Waals surface area contributed by atoms with Crippen LogP contribution in [0.1, 0.15) is 31.2 Å².